The van der Waals surface area contributed by atoms with Crippen molar-refractivity contribution in [3.05, 3.63) is 23.8 Å². The smallest absolute Gasteiger partial charge is 0.124 e. The summed E-state index contributed by atoms with van der Waals surface area (Å²) in [4.78, 5) is 7.09. The minimum absolute atomic E-state index is 0.321. The van der Waals surface area contributed by atoms with Gasteiger partial charge < -0.3 is 14.5 Å². The van der Waals surface area contributed by atoms with Gasteiger partial charge in [0.05, 0.1) is 19.8 Å². The molecule has 1 atom stereocenters. The Morgan fingerprint density at radius 1 is 1.50 bits per heavy atom. The molecule has 2 N–H and O–H groups in total. The van der Waals surface area contributed by atoms with Crippen molar-refractivity contribution in [1.82, 2.24) is 0 Å². The molecule has 1 aromatic carbocycles. The fourth-order valence-electron chi connectivity index (χ4n) is 2.45. The molecule has 4 nitrogen and oxygen atoms in total. The Morgan fingerprint density at radius 3 is 2.94 bits per heavy atom. The monoisotopic (exact) mass is 222 g/mol. The maximum Gasteiger partial charge on any atom is 0.124 e. The van der Waals surface area contributed by atoms with Crippen molar-refractivity contribution in [2.75, 3.05) is 25.2 Å². The molecule has 2 rings (SSSR count). The average Bonchev–Trinajstić information content (AvgIpc) is 2.66. The van der Waals surface area contributed by atoms with Crippen LogP contribution in [0.2, 0.25) is 0 Å². The average molecular weight is 222 g/mol. The highest BCUT2D eigenvalue weighted by molar-refractivity contribution is 5.64. The third-order valence-corrected chi connectivity index (χ3v) is 3.15. The number of hydrogen-bond donors (Lipinski definition) is 1. The highest BCUT2D eigenvalue weighted by Crippen LogP contribution is 2.37. The summed E-state index contributed by atoms with van der Waals surface area (Å²) in [5, 5.41) is 0. The van der Waals surface area contributed by atoms with Crippen LogP contribution in [0.25, 0.3) is 0 Å². The van der Waals surface area contributed by atoms with Crippen LogP contribution >= 0.6 is 0 Å². The third kappa shape index (κ3) is 1.74. The summed E-state index contributed by atoms with van der Waals surface area (Å²) < 4.78 is 5.38. The lowest BCUT2D eigenvalue weighted by Gasteiger charge is -2.25. The number of ether oxygens (including phenoxy) is 1. The zero-order valence-electron chi connectivity index (χ0n) is 9.77. The molecule has 0 fully saturated rings. The van der Waals surface area contributed by atoms with E-state index in [-0.39, 0.29) is 0 Å². The first kappa shape index (κ1) is 11.2. The van der Waals surface area contributed by atoms with E-state index in [1.54, 1.807) is 7.11 Å². The van der Waals surface area contributed by atoms with Crippen LogP contribution in [-0.2, 0) is 11.3 Å². The van der Waals surface area contributed by atoms with Crippen LogP contribution < -0.4 is 15.5 Å². The molecule has 0 bridgehead atoms. The second-order valence-corrected chi connectivity index (χ2v) is 3.94. The molecule has 1 aliphatic heterocycles. The molecule has 0 spiro atoms. The Kier molecular flexibility index (Phi) is 3.31. The predicted octanol–water partition coefficient (Wildman–Crippen LogP) is 1.34. The molecule has 1 heterocycles. The van der Waals surface area contributed by atoms with Crippen molar-refractivity contribution in [2.24, 2.45) is 5.90 Å². The second-order valence-electron chi connectivity index (χ2n) is 3.94. The van der Waals surface area contributed by atoms with E-state index in [0.29, 0.717) is 12.6 Å². The fourth-order valence-corrected chi connectivity index (χ4v) is 2.45. The van der Waals surface area contributed by atoms with Crippen molar-refractivity contribution in [3.8, 4) is 5.75 Å². The molecule has 0 aliphatic carbocycles. The normalized spacial score (nSPS) is 18.7. The number of nitrogens with two attached hydrogens (primary N) is 1. The SMILES string of the molecule is CCN1c2cccc(OC)c2CC1CON. The van der Waals surface area contributed by atoms with Gasteiger partial charge in [0.15, 0.2) is 0 Å². The molecule has 0 saturated carbocycles. The second kappa shape index (κ2) is 4.72. The molecule has 1 aromatic rings. The van der Waals surface area contributed by atoms with Crippen LogP contribution in [0.5, 0.6) is 5.75 Å². The van der Waals surface area contributed by atoms with E-state index in [9.17, 15) is 0 Å². The van der Waals surface area contributed by atoms with E-state index < -0.39 is 0 Å². The van der Waals surface area contributed by atoms with Crippen molar-refractivity contribution in [3.63, 3.8) is 0 Å². The molecule has 1 unspecified atom stereocenters. The van der Waals surface area contributed by atoms with Crippen molar-refractivity contribution >= 4 is 5.69 Å². The molecule has 0 amide bonds. The topological polar surface area (TPSA) is 47.7 Å². The van der Waals surface area contributed by atoms with Gasteiger partial charge >= 0.3 is 0 Å². The third-order valence-electron chi connectivity index (χ3n) is 3.15. The van der Waals surface area contributed by atoms with Gasteiger partial charge in [-0.15, -0.1) is 0 Å². The number of likely N-dealkylation sites (N-methyl/N-ethyl adjacent to an activating group) is 1. The molecule has 88 valence electrons. The quantitative estimate of drug-likeness (QED) is 0.781. The van der Waals surface area contributed by atoms with E-state index >= 15 is 0 Å². The van der Waals surface area contributed by atoms with E-state index in [1.807, 2.05) is 12.1 Å². The first-order valence-electron chi connectivity index (χ1n) is 5.56. The van der Waals surface area contributed by atoms with Gasteiger partial charge in [0.1, 0.15) is 5.75 Å². The molecular formula is C12H18N2O2. The van der Waals surface area contributed by atoms with Gasteiger partial charge in [-0.3, -0.25) is 0 Å². The molecule has 0 aromatic heterocycles. The van der Waals surface area contributed by atoms with Gasteiger partial charge in [-0.25, -0.2) is 5.90 Å². The van der Waals surface area contributed by atoms with Gasteiger partial charge in [0.2, 0.25) is 0 Å². The summed E-state index contributed by atoms with van der Waals surface area (Å²) in [7, 11) is 1.71. The Morgan fingerprint density at radius 2 is 2.31 bits per heavy atom. The first-order chi connectivity index (χ1) is 7.81. The summed E-state index contributed by atoms with van der Waals surface area (Å²) in [6.45, 7) is 3.64. The van der Waals surface area contributed by atoms with Gasteiger partial charge in [0, 0.05) is 24.2 Å². The maximum absolute atomic E-state index is 5.38. The number of fused-ring (bicyclic) bond motifs is 1. The summed E-state index contributed by atoms with van der Waals surface area (Å²) in [5.74, 6) is 6.13. The molecule has 0 radical (unpaired) electrons. The lowest BCUT2D eigenvalue weighted by atomic mass is 10.1. The Labute approximate surface area is 95.9 Å². The standard InChI is InChI=1S/C12H18N2O2/c1-3-14-9(8-16-13)7-10-11(14)5-4-6-12(10)15-2/h4-6,9H,3,7-8,13H2,1-2H3. The molecule has 1 aliphatic rings. The van der Waals surface area contributed by atoms with Crippen LogP contribution in [-0.4, -0.2) is 26.3 Å². The maximum atomic E-state index is 5.38. The summed E-state index contributed by atoms with van der Waals surface area (Å²) in [6.07, 6.45) is 0.935. The number of benzene rings is 1. The fraction of sp³-hybridized carbons (Fsp3) is 0.500. The van der Waals surface area contributed by atoms with Gasteiger partial charge in [-0.1, -0.05) is 6.07 Å². The van der Waals surface area contributed by atoms with Crippen LogP contribution in [0.3, 0.4) is 0 Å². The Balaban J connectivity index is 2.33. The minimum atomic E-state index is 0.321. The lowest BCUT2D eigenvalue weighted by Crippen LogP contribution is -2.36. The molecule has 16 heavy (non-hydrogen) atoms. The summed E-state index contributed by atoms with van der Waals surface area (Å²) in [6, 6.07) is 6.46. The first-order valence-corrected chi connectivity index (χ1v) is 5.56. The molecule has 4 heteroatoms. The van der Waals surface area contributed by atoms with Crippen molar-refractivity contribution in [2.45, 2.75) is 19.4 Å². The Hall–Kier alpha value is -1.26. The number of methoxy groups -OCH3 is 1. The molecular weight excluding hydrogens is 204 g/mol. The number of anilines is 1. The molecule has 0 saturated heterocycles. The predicted molar refractivity (Wildman–Crippen MR) is 63.6 cm³/mol. The van der Waals surface area contributed by atoms with Gasteiger partial charge in [-0.2, -0.15) is 0 Å². The van der Waals surface area contributed by atoms with E-state index in [4.69, 9.17) is 15.5 Å². The van der Waals surface area contributed by atoms with E-state index in [0.717, 1.165) is 18.7 Å². The van der Waals surface area contributed by atoms with Gasteiger partial charge in [0.25, 0.3) is 0 Å². The van der Waals surface area contributed by atoms with Crippen LogP contribution in [0.15, 0.2) is 18.2 Å². The van der Waals surface area contributed by atoms with Crippen LogP contribution in [0, 0.1) is 0 Å². The zero-order valence-corrected chi connectivity index (χ0v) is 9.77. The highest BCUT2D eigenvalue weighted by Gasteiger charge is 2.30. The van der Waals surface area contributed by atoms with Gasteiger partial charge in [-0.05, 0) is 19.1 Å². The van der Waals surface area contributed by atoms with Crippen molar-refractivity contribution in [1.29, 1.82) is 0 Å². The van der Waals surface area contributed by atoms with E-state index in [2.05, 4.69) is 17.9 Å². The van der Waals surface area contributed by atoms with E-state index in [1.165, 1.54) is 11.3 Å². The minimum Gasteiger partial charge on any atom is -0.496 e. The Bertz CT molecular complexity index is 368. The summed E-state index contributed by atoms with van der Waals surface area (Å²) in [5.41, 5.74) is 2.50. The largest absolute Gasteiger partial charge is 0.496 e. The van der Waals surface area contributed by atoms with Crippen LogP contribution in [0.4, 0.5) is 5.69 Å². The zero-order chi connectivity index (χ0) is 11.5. The number of hydrogen-bond acceptors (Lipinski definition) is 4. The number of rotatable bonds is 4. The highest BCUT2D eigenvalue weighted by atomic mass is 16.6. The lowest BCUT2D eigenvalue weighted by molar-refractivity contribution is 0.123. The number of nitrogens with zero attached hydrogens (tertiary/aromatic N) is 1. The van der Waals surface area contributed by atoms with Crippen LogP contribution in [0.1, 0.15) is 12.5 Å². The summed E-state index contributed by atoms with van der Waals surface area (Å²) >= 11 is 0. The van der Waals surface area contributed by atoms with Crippen molar-refractivity contribution < 1.29 is 9.57 Å².